The quantitative estimate of drug-likeness (QED) is 0.0261. The number of ether oxygens (including phenoxy) is 3. The number of hydrogen-bond donors (Lipinski definition) is 0. The van der Waals surface area contributed by atoms with E-state index in [0.29, 0.717) is 19.3 Å². The molecule has 0 aromatic heterocycles. The molecule has 0 rings (SSSR count). The molecule has 0 amide bonds. The smallest absolute Gasteiger partial charge is 0.306 e. The molecule has 0 aromatic carbocycles. The summed E-state index contributed by atoms with van der Waals surface area (Å²) in [6.07, 6.45) is 95.4. The first kappa shape index (κ1) is 78.1. The maximum absolute atomic E-state index is 12.9. The minimum absolute atomic E-state index is 0.0860. The average molecular weight is 1140 g/mol. The van der Waals surface area contributed by atoms with Gasteiger partial charge < -0.3 is 14.2 Å². The highest BCUT2D eigenvalue weighted by Gasteiger charge is 2.19. The van der Waals surface area contributed by atoms with Gasteiger partial charge in [0.2, 0.25) is 0 Å². The summed E-state index contributed by atoms with van der Waals surface area (Å²) in [6, 6.07) is 0. The Morgan fingerprint density at radius 3 is 0.780 bits per heavy atom. The van der Waals surface area contributed by atoms with Crippen molar-refractivity contribution in [2.45, 2.75) is 341 Å². The van der Waals surface area contributed by atoms with E-state index in [1.165, 1.54) is 173 Å². The zero-order valence-electron chi connectivity index (χ0n) is 54.0. The monoisotopic (exact) mass is 1140 g/mol. The summed E-state index contributed by atoms with van der Waals surface area (Å²) in [5.74, 6) is -0.899. The van der Waals surface area contributed by atoms with Crippen LogP contribution < -0.4 is 0 Å². The summed E-state index contributed by atoms with van der Waals surface area (Å²) in [6.45, 7) is 6.50. The van der Waals surface area contributed by atoms with Gasteiger partial charge in [-0.1, -0.05) is 297 Å². The van der Waals surface area contributed by atoms with Crippen molar-refractivity contribution in [1.82, 2.24) is 0 Å². The second kappa shape index (κ2) is 69.6. The van der Waals surface area contributed by atoms with Gasteiger partial charge in [-0.25, -0.2) is 0 Å². The summed E-state index contributed by atoms with van der Waals surface area (Å²) in [5.41, 5.74) is 0. The Balaban J connectivity index is 4.30. The lowest BCUT2D eigenvalue weighted by molar-refractivity contribution is -0.167. The van der Waals surface area contributed by atoms with Crippen LogP contribution in [0.1, 0.15) is 335 Å². The summed E-state index contributed by atoms with van der Waals surface area (Å²) < 4.78 is 16.9. The van der Waals surface area contributed by atoms with Crippen molar-refractivity contribution in [1.29, 1.82) is 0 Å². The number of carbonyl (C=O) groups excluding carboxylic acids is 3. The summed E-state index contributed by atoms with van der Waals surface area (Å²) in [5, 5.41) is 0. The van der Waals surface area contributed by atoms with Crippen LogP contribution in [0.3, 0.4) is 0 Å². The molecule has 470 valence electrons. The van der Waals surface area contributed by atoms with Crippen LogP contribution in [0.5, 0.6) is 0 Å². The van der Waals surface area contributed by atoms with Crippen LogP contribution in [0, 0.1) is 0 Å². The predicted octanol–water partition coefficient (Wildman–Crippen LogP) is 24.2. The van der Waals surface area contributed by atoms with E-state index < -0.39 is 6.10 Å². The van der Waals surface area contributed by atoms with Crippen molar-refractivity contribution >= 4 is 17.9 Å². The molecule has 0 saturated heterocycles. The molecule has 1 atom stereocenters. The number of unbranched alkanes of at least 4 members (excludes halogenated alkanes) is 34. The van der Waals surface area contributed by atoms with Crippen LogP contribution >= 0.6 is 0 Å². The maximum atomic E-state index is 12.9. The van der Waals surface area contributed by atoms with Gasteiger partial charge in [-0.3, -0.25) is 14.4 Å². The van der Waals surface area contributed by atoms with Gasteiger partial charge in [-0.05, 0) is 128 Å². The van der Waals surface area contributed by atoms with E-state index in [0.717, 1.165) is 122 Å². The fourth-order valence-corrected chi connectivity index (χ4v) is 9.77. The van der Waals surface area contributed by atoms with Gasteiger partial charge in [0.1, 0.15) is 13.2 Å². The molecule has 0 bridgehead atoms. The molecule has 82 heavy (non-hydrogen) atoms. The number of esters is 3. The van der Waals surface area contributed by atoms with Gasteiger partial charge >= 0.3 is 17.9 Å². The molecule has 0 spiro atoms. The third-order valence-corrected chi connectivity index (χ3v) is 15.0. The standard InChI is InChI=1S/C76H130O6/c1-4-7-10-13-16-19-22-25-27-29-31-33-35-37-38-40-41-43-45-47-49-51-54-57-60-63-66-69-75(78)81-72-73(71-80-74(77)68-65-62-59-56-53-24-21-18-15-12-9-6-3)82-76(79)70-67-64-61-58-55-52-50-48-46-44-42-39-36-34-32-30-28-26-23-20-17-14-11-8-5-2/h8,11,17-18,20-22,25-26,28-29,31-32,34,39,42,46,48,73H,4-7,9-10,12-16,19,23-24,27,30,33,35-38,40-41,43-45,47,49-72H2,1-3H3/b11-8-,20-17-,21-18-,25-22-,28-26-,31-29-,34-32-,42-39-,48-46-. The van der Waals surface area contributed by atoms with Crippen molar-refractivity contribution in [3.05, 3.63) is 109 Å². The third kappa shape index (κ3) is 66.9. The number of rotatable bonds is 63. The highest BCUT2D eigenvalue weighted by atomic mass is 16.6. The molecule has 0 heterocycles. The lowest BCUT2D eigenvalue weighted by Crippen LogP contribution is -2.30. The van der Waals surface area contributed by atoms with Gasteiger partial charge in [-0.15, -0.1) is 0 Å². The number of carbonyl (C=O) groups is 3. The van der Waals surface area contributed by atoms with Gasteiger partial charge in [-0.2, -0.15) is 0 Å². The highest BCUT2D eigenvalue weighted by molar-refractivity contribution is 5.71. The van der Waals surface area contributed by atoms with Gasteiger partial charge in [0.15, 0.2) is 6.10 Å². The minimum Gasteiger partial charge on any atom is -0.462 e. The Morgan fingerprint density at radius 2 is 0.476 bits per heavy atom. The topological polar surface area (TPSA) is 78.9 Å². The Labute approximate surface area is 508 Å². The lowest BCUT2D eigenvalue weighted by Gasteiger charge is -2.18. The largest absolute Gasteiger partial charge is 0.462 e. The third-order valence-electron chi connectivity index (χ3n) is 15.0. The van der Waals surface area contributed by atoms with E-state index in [4.69, 9.17) is 14.2 Å². The SMILES string of the molecule is CC/C=C\C/C=C\C/C=C\C/C=C\C/C=C\C/C=C\CCCCCCCCC(=O)OC(COC(=O)CCCCCCC/C=C\CCCCC)COC(=O)CCCCCCCCCCCCCCCCC/C=C\C/C=C\CCCCCCC. The fraction of sp³-hybridized carbons (Fsp3) is 0.724. The summed E-state index contributed by atoms with van der Waals surface area (Å²) in [7, 11) is 0. The van der Waals surface area contributed by atoms with E-state index in [2.05, 4.69) is 130 Å². The summed E-state index contributed by atoms with van der Waals surface area (Å²) in [4.78, 5) is 38.4. The summed E-state index contributed by atoms with van der Waals surface area (Å²) >= 11 is 0. The molecular formula is C76H130O6. The molecule has 0 aliphatic rings. The molecular weight excluding hydrogens is 1010 g/mol. The molecule has 0 aromatic rings. The van der Waals surface area contributed by atoms with Gasteiger partial charge in [0, 0.05) is 19.3 Å². The second-order valence-corrected chi connectivity index (χ2v) is 23.1. The van der Waals surface area contributed by atoms with Crippen molar-refractivity contribution in [2.75, 3.05) is 13.2 Å². The van der Waals surface area contributed by atoms with E-state index in [9.17, 15) is 14.4 Å². The Morgan fingerprint density at radius 1 is 0.256 bits per heavy atom. The van der Waals surface area contributed by atoms with Crippen LogP contribution in [0.25, 0.3) is 0 Å². The number of hydrogen-bond acceptors (Lipinski definition) is 6. The lowest BCUT2D eigenvalue weighted by atomic mass is 10.0. The maximum Gasteiger partial charge on any atom is 0.306 e. The van der Waals surface area contributed by atoms with Crippen LogP contribution in [-0.4, -0.2) is 37.2 Å². The molecule has 0 fully saturated rings. The molecule has 6 nitrogen and oxygen atoms in total. The first-order chi connectivity index (χ1) is 40.5. The van der Waals surface area contributed by atoms with Crippen molar-refractivity contribution in [2.24, 2.45) is 0 Å². The van der Waals surface area contributed by atoms with E-state index in [1.54, 1.807) is 0 Å². The Bertz CT molecular complexity index is 1640. The van der Waals surface area contributed by atoms with Crippen LogP contribution in [0.2, 0.25) is 0 Å². The van der Waals surface area contributed by atoms with Crippen LogP contribution in [0.4, 0.5) is 0 Å². The Kier molecular flexibility index (Phi) is 66.2. The van der Waals surface area contributed by atoms with E-state index in [-0.39, 0.29) is 31.1 Å². The number of allylic oxidation sites excluding steroid dienone is 18. The van der Waals surface area contributed by atoms with Crippen LogP contribution in [-0.2, 0) is 28.6 Å². The zero-order valence-corrected chi connectivity index (χ0v) is 54.0. The van der Waals surface area contributed by atoms with Crippen molar-refractivity contribution in [3.63, 3.8) is 0 Å². The van der Waals surface area contributed by atoms with Crippen molar-refractivity contribution in [3.8, 4) is 0 Å². The first-order valence-electron chi connectivity index (χ1n) is 34.9. The van der Waals surface area contributed by atoms with Gasteiger partial charge in [0.25, 0.3) is 0 Å². The molecule has 6 heteroatoms. The van der Waals surface area contributed by atoms with E-state index >= 15 is 0 Å². The Hall–Kier alpha value is -3.93. The highest BCUT2D eigenvalue weighted by Crippen LogP contribution is 2.17. The molecule has 0 N–H and O–H groups in total. The predicted molar refractivity (Wildman–Crippen MR) is 357 cm³/mol. The molecule has 1 unspecified atom stereocenters. The van der Waals surface area contributed by atoms with Gasteiger partial charge in [0.05, 0.1) is 0 Å². The zero-order chi connectivity index (χ0) is 59.2. The second-order valence-electron chi connectivity index (χ2n) is 23.1. The fourth-order valence-electron chi connectivity index (χ4n) is 9.77. The molecule has 0 radical (unpaired) electrons. The normalized spacial score (nSPS) is 12.8. The minimum atomic E-state index is -0.792. The van der Waals surface area contributed by atoms with Crippen LogP contribution in [0.15, 0.2) is 109 Å². The van der Waals surface area contributed by atoms with Crippen molar-refractivity contribution < 1.29 is 28.6 Å². The molecule has 0 saturated carbocycles. The first-order valence-corrected chi connectivity index (χ1v) is 34.9. The molecule has 0 aliphatic carbocycles. The molecule has 0 aliphatic heterocycles. The average Bonchev–Trinajstić information content (AvgIpc) is 3.47. The van der Waals surface area contributed by atoms with E-state index in [1.807, 2.05) is 0 Å².